The lowest BCUT2D eigenvalue weighted by Crippen LogP contribution is -2.38. The first-order valence-corrected chi connectivity index (χ1v) is 6.65. The molecule has 0 N–H and O–H groups in total. The number of ether oxygens (including phenoxy) is 1. The van der Waals surface area contributed by atoms with Crippen LogP contribution in [-0.2, 0) is 19.1 Å². The number of hydrogen-bond acceptors (Lipinski definition) is 4. The molecule has 4 heteroatoms. The average Bonchev–Trinajstić information content (AvgIpc) is 2.22. The molecule has 1 atom stereocenters. The Morgan fingerprint density at radius 3 is 1.74 bits per heavy atom. The van der Waals surface area contributed by atoms with E-state index in [-0.39, 0.29) is 24.6 Å². The van der Waals surface area contributed by atoms with Gasteiger partial charge >= 0.3 is 5.97 Å². The van der Waals surface area contributed by atoms with Crippen LogP contribution in [0.25, 0.3) is 0 Å². The molecule has 0 aliphatic rings. The molecule has 0 radical (unpaired) electrons. The first-order valence-electron chi connectivity index (χ1n) is 6.65. The van der Waals surface area contributed by atoms with E-state index >= 15 is 0 Å². The second-order valence-corrected chi connectivity index (χ2v) is 6.80. The minimum Gasteiger partial charge on any atom is -0.465 e. The molecule has 0 aliphatic heterocycles. The van der Waals surface area contributed by atoms with Crippen LogP contribution >= 0.6 is 0 Å². The maximum atomic E-state index is 12.3. The Labute approximate surface area is 115 Å². The van der Waals surface area contributed by atoms with E-state index in [1.54, 1.807) is 48.5 Å². The summed E-state index contributed by atoms with van der Waals surface area (Å²) in [4.78, 5) is 36.2. The number of Topliss-reactive ketones (excluding diaryl/α,β-unsaturated/α-hetero) is 2. The predicted octanol–water partition coefficient (Wildman–Crippen LogP) is 2.79. The summed E-state index contributed by atoms with van der Waals surface area (Å²) in [6.07, 6.45) is -0.0849. The number of carbonyl (C=O) groups excluding carboxylic acids is 3. The Hall–Kier alpha value is -1.19. The summed E-state index contributed by atoms with van der Waals surface area (Å²) in [5.41, 5.74) is -1.24. The van der Waals surface area contributed by atoms with Crippen molar-refractivity contribution in [3.05, 3.63) is 0 Å². The highest BCUT2D eigenvalue weighted by Crippen LogP contribution is 2.27. The van der Waals surface area contributed by atoms with Gasteiger partial charge in [-0.2, -0.15) is 0 Å². The van der Waals surface area contributed by atoms with Crippen LogP contribution in [-0.4, -0.2) is 24.1 Å². The van der Waals surface area contributed by atoms with Crippen molar-refractivity contribution >= 4 is 17.5 Å². The fourth-order valence-corrected chi connectivity index (χ4v) is 1.54. The van der Waals surface area contributed by atoms with E-state index in [2.05, 4.69) is 0 Å². The zero-order chi connectivity index (χ0) is 15.4. The van der Waals surface area contributed by atoms with Crippen molar-refractivity contribution in [1.29, 1.82) is 0 Å². The second-order valence-electron chi connectivity index (χ2n) is 6.80. The van der Waals surface area contributed by atoms with Gasteiger partial charge in [0.1, 0.15) is 11.7 Å². The summed E-state index contributed by atoms with van der Waals surface area (Å²) >= 11 is 0. The second kappa shape index (κ2) is 6.31. The molecule has 0 aromatic rings. The average molecular weight is 270 g/mol. The summed E-state index contributed by atoms with van der Waals surface area (Å²) < 4.78 is 4.92. The molecule has 1 unspecified atom stereocenters. The Bertz CT molecular complexity index is 355. The summed E-state index contributed by atoms with van der Waals surface area (Å²) in [6.45, 7) is 12.4. The minimum atomic E-state index is -0.994. The summed E-state index contributed by atoms with van der Waals surface area (Å²) in [6, 6.07) is 0. The van der Waals surface area contributed by atoms with Crippen LogP contribution in [0.5, 0.6) is 0 Å². The molecule has 110 valence electrons. The molecule has 19 heavy (non-hydrogen) atoms. The van der Waals surface area contributed by atoms with Crippen molar-refractivity contribution in [2.45, 2.75) is 54.9 Å². The molecule has 0 saturated heterocycles. The standard InChI is InChI=1S/C15H26O4/c1-8-19-13(18)10(12(17)15(5,6)7)9-11(16)14(2,3)4/h10H,8-9H2,1-7H3. The number of ketones is 2. The number of rotatable bonds is 5. The molecule has 0 rings (SSSR count). The van der Waals surface area contributed by atoms with Crippen LogP contribution in [0, 0.1) is 16.7 Å². The molecule has 0 aliphatic carbocycles. The zero-order valence-electron chi connectivity index (χ0n) is 13.1. The molecule has 0 amide bonds. The van der Waals surface area contributed by atoms with Gasteiger partial charge in [0, 0.05) is 17.3 Å². The van der Waals surface area contributed by atoms with Gasteiger partial charge in [0.25, 0.3) is 0 Å². The Balaban J connectivity index is 5.15. The van der Waals surface area contributed by atoms with Gasteiger partial charge in [0.15, 0.2) is 5.78 Å². The molecule has 0 aromatic heterocycles. The summed E-state index contributed by atoms with van der Waals surface area (Å²) in [5.74, 6) is -1.95. The van der Waals surface area contributed by atoms with E-state index in [9.17, 15) is 14.4 Å². The molecule has 0 aromatic carbocycles. The molecule has 0 bridgehead atoms. The molecule has 0 spiro atoms. The first-order chi connectivity index (χ1) is 8.41. The maximum absolute atomic E-state index is 12.3. The summed E-state index contributed by atoms with van der Waals surface area (Å²) in [7, 11) is 0. The van der Waals surface area contributed by atoms with E-state index in [1.165, 1.54) is 0 Å². The van der Waals surface area contributed by atoms with Gasteiger partial charge in [-0.25, -0.2) is 0 Å². The van der Waals surface area contributed by atoms with E-state index in [4.69, 9.17) is 4.74 Å². The molecular weight excluding hydrogens is 244 g/mol. The van der Waals surface area contributed by atoms with Gasteiger partial charge < -0.3 is 4.74 Å². The number of carbonyl (C=O) groups is 3. The van der Waals surface area contributed by atoms with Crippen molar-refractivity contribution in [1.82, 2.24) is 0 Å². The van der Waals surface area contributed by atoms with Gasteiger partial charge in [0.2, 0.25) is 0 Å². The molecule has 0 fully saturated rings. The van der Waals surface area contributed by atoms with Gasteiger partial charge in [0.05, 0.1) is 6.61 Å². The number of esters is 1. The lowest BCUT2D eigenvalue weighted by Gasteiger charge is -2.25. The van der Waals surface area contributed by atoms with Crippen molar-refractivity contribution in [2.24, 2.45) is 16.7 Å². The monoisotopic (exact) mass is 270 g/mol. The van der Waals surface area contributed by atoms with Crippen LogP contribution in [0.2, 0.25) is 0 Å². The van der Waals surface area contributed by atoms with Crippen molar-refractivity contribution in [3.63, 3.8) is 0 Å². The van der Waals surface area contributed by atoms with E-state index in [0.29, 0.717) is 0 Å². The third kappa shape index (κ3) is 5.53. The Kier molecular flexibility index (Phi) is 5.91. The van der Waals surface area contributed by atoms with Crippen LogP contribution in [0.3, 0.4) is 0 Å². The number of hydrogen-bond donors (Lipinski definition) is 0. The lowest BCUT2D eigenvalue weighted by atomic mass is 9.77. The Morgan fingerprint density at radius 1 is 0.947 bits per heavy atom. The quantitative estimate of drug-likeness (QED) is 0.569. The highest BCUT2D eigenvalue weighted by molar-refractivity contribution is 6.05. The van der Waals surface area contributed by atoms with Crippen LogP contribution < -0.4 is 0 Å². The van der Waals surface area contributed by atoms with Gasteiger partial charge in [-0.1, -0.05) is 41.5 Å². The first kappa shape index (κ1) is 17.8. The van der Waals surface area contributed by atoms with E-state index < -0.39 is 22.7 Å². The highest BCUT2D eigenvalue weighted by Gasteiger charge is 2.38. The van der Waals surface area contributed by atoms with Crippen molar-refractivity contribution in [3.8, 4) is 0 Å². The van der Waals surface area contributed by atoms with Crippen LogP contribution in [0.1, 0.15) is 54.9 Å². The molecule has 0 saturated carbocycles. The predicted molar refractivity (Wildman–Crippen MR) is 73.7 cm³/mol. The molecule has 4 nitrogen and oxygen atoms in total. The van der Waals surface area contributed by atoms with Gasteiger partial charge in [-0.05, 0) is 6.92 Å². The smallest absolute Gasteiger partial charge is 0.316 e. The largest absolute Gasteiger partial charge is 0.465 e. The lowest BCUT2D eigenvalue weighted by molar-refractivity contribution is -0.156. The van der Waals surface area contributed by atoms with Gasteiger partial charge in [-0.3, -0.25) is 14.4 Å². The van der Waals surface area contributed by atoms with Crippen LogP contribution in [0.15, 0.2) is 0 Å². The third-order valence-electron chi connectivity index (χ3n) is 2.85. The van der Waals surface area contributed by atoms with Crippen molar-refractivity contribution < 1.29 is 19.1 Å². The van der Waals surface area contributed by atoms with E-state index in [1.807, 2.05) is 0 Å². The normalized spacial score (nSPS) is 13.8. The van der Waals surface area contributed by atoms with E-state index in [0.717, 1.165) is 0 Å². The Morgan fingerprint density at radius 2 is 1.42 bits per heavy atom. The third-order valence-corrected chi connectivity index (χ3v) is 2.85. The van der Waals surface area contributed by atoms with Crippen LogP contribution in [0.4, 0.5) is 0 Å². The molecular formula is C15H26O4. The topological polar surface area (TPSA) is 60.4 Å². The maximum Gasteiger partial charge on any atom is 0.316 e. The fraction of sp³-hybridized carbons (Fsp3) is 0.800. The minimum absolute atomic E-state index is 0.0849. The zero-order valence-corrected chi connectivity index (χ0v) is 13.1. The SMILES string of the molecule is CCOC(=O)C(CC(=O)C(C)(C)C)C(=O)C(C)(C)C. The highest BCUT2D eigenvalue weighted by atomic mass is 16.5. The summed E-state index contributed by atoms with van der Waals surface area (Å²) in [5, 5.41) is 0. The van der Waals surface area contributed by atoms with Gasteiger partial charge in [-0.15, -0.1) is 0 Å². The fourth-order valence-electron chi connectivity index (χ4n) is 1.54. The molecule has 0 heterocycles. The van der Waals surface area contributed by atoms with Crippen molar-refractivity contribution in [2.75, 3.05) is 6.61 Å².